The molecule has 3 heterocycles. The van der Waals surface area contributed by atoms with Gasteiger partial charge in [-0.3, -0.25) is 4.79 Å². The van der Waals surface area contributed by atoms with Gasteiger partial charge in [0, 0.05) is 19.2 Å². The van der Waals surface area contributed by atoms with E-state index in [1.54, 1.807) is 7.11 Å². The normalized spacial score (nSPS) is 16.9. The summed E-state index contributed by atoms with van der Waals surface area (Å²) in [6.45, 7) is 5.45. The van der Waals surface area contributed by atoms with E-state index in [0.29, 0.717) is 30.4 Å². The van der Waals surface area contributed by atoms with E-state index in [1.807, 2.05) is 24.0 Å². The predicted octanol–water partition coefficient (Wildman–Crippen LogP) is 2.14. The summed E-state index contributed by atoms with van der Waals surface area (Å²) in [6, 6.07) is 3.84. The van der Waals surface area contributed by atoms with Crippen LogP contribution in [-0.2, 0) is 17.9 Å². The van der Waals surface area contributed by atoms with Crippen LogP contribution in [0.3, 0.4) is 0 Å². The zero-order valence-corrected chi connectivity index (χ0v) is 15.7. The summed E-state index contributed by atoms with van der Waals surface area (Å²) in [4.78, 5) is 19.2. The van der Waals surface area contributed by atoms with Gasteiger partial charge in [-0.2, -0.15) is 0 Å². The fraction of sp³-hybridized carbons (Fsp3) is 0.412. The van der Waals surface area contributed by atoms with Gasteiger partial charge in [0.1, 0.15) is 6.61 Å². The third kappa shape index (κ3) is 2.73. The maximum atomic E-state index is 13.1. The van der Waals surface area contributed by atoms with Crippen molar-refractivity contribution in [3.8, 4) is 0 Å². The van der Waals surface area contributed by atoms with Gasteiger partial charge in [0.05, 0.1) is 22.8 Å². The van der Waals surface area contributed by atoms with Crippen molar-refractivity contribution in [2.75, 3.05) is 19.4 Å². The van der Waals surface area contributed by atoms with E-state index in [1.165, 1.54) is 11.3 Å². The molecule has 4 rings (SSSR count). The van der Waals surface area contributed by atoms with Crippen LogP contribution in [0.5, 0.6) is 0 Å². The minimum atomic E-state index is -0.0173. The number of amides is 1. The molecule has 1 aromatic carbocycles. The van der Waals surface area contributed by atoms with Crippen molar-refractivity contribution in [1.82, 2.24) is 24.6 Å². The van der Waals surface area contributed by atoms with Crippen molar-refractivity contribution in [1.29, 1.82) is 0 Å². The van der Waals surface area contributed by atoms with Gasteiger partial charge in [-0.05, 0) is 31.5 Å². The first kappa shape index (κ1) is 16.9. The third-order valence-electron chi connectivity index (χ3n) is 4.60. The molecule has 0 radical (unpaired) electrons. The van der Waals surface area contributed by atoms with E-state index in [9.17, 15) is 4.79 Å². The molecule has 8 nitrogen and oxygen atoms in total. The molecule has 9 heteroatoms. The lowest BCUT2D eigenvalue weighted by Crippen LogP contribution is -2.40. The van der Waals surface area contributed by atoms with E-state index in [4.69, 9.17) is 10.5 Å². The van der Waals surface area contributed by atoms with Crippen LogP contribution in [0.15, 0.2) is 12.1 Å². The average Bonchev–Trinajstić information content (AvgIpc) is 3.18. The molecule has 2 aromatic heterocycles. The van der Waals surface area contributed by atoms with Crippen LogP contribution < -0.4 is 5.73 Å². The first-order chi connectivity index (χ1) is 12.5. The van der Waals surface area contributed by atoms with E-state index >= 15 is 0 Å². The highest BCUT2D eigenvalue weighted by atomic mass is 32.1. The molecule has 3 aromatic rings. The standard InChI is InChI=1S/C17H20N6O2S/c1-9-4-11(5-12-15(9)19-17(18)26-12)16(24)22-6-10(2)23-13(7-22)20-21-14(23)8-25-3/h4-5,10H,6-8H2,1-3H3,(H2,18,19)/t10-/m0/s1. The number of thiazole rings is 1. The Kier molecular flexibility index (Phi) is 4.12. The number of anilines is 1. The van der Waals surface area contributed by atoms with Crippen LogP contribution >= 0.6 is 11.3 Å². The maximum Gasteiger partial charge on any atom is 0.254 e. The Morgan fingerprint density at radius 3 is 3.00 bits per heavy atom. The minimum absolute atomic E-state index is 0.0173. The highest BCUT2D eigenvalue weighted by Crippen LogP contribution is 2.29. The Bertz CT molecular complexity index is 995. The van der Waals surface area contributed by atoms with Gasteiger partial charge >= 0.3 is 0 Å². The fourth-order valence-corrected chi connectivity index (χ4v) is 4.37. The molecule has 1 amide bonds. The molecule has 26 heavy (non-hydrogen) atoms. The molecule has 0 saturated heterocycles. The van der Waals surface area contributed by atoms with Crippen molar-refractivity contribution in [3.05, 3.63) is 34.9 Å². The van der Waals surface area contributed by atoms with Gasteiger partial charge in [0.15, 0.2) is 16.8 Å². The zero-order chi connectivity index (χ0) is 18.4. The molecule has 2 N–H and O–H groups in total. The number of carbonyl (C=O) groups is 1. The molecule has 0 spiro atoms. The number of hydrogen-bond donors (Lipinski definition) is 1. The predicted molar refractivity (Wildman–Crippen MR) is 99.0 cm³/mol. The van der Waals surface area contributed by atoms with Gasteiger partial charge in [0.2, 0.25) is 0 Å². The molecule has 0 saturated carbocycles. The SMILES string of the molecule is COCc1nnc2n1[C@@H](C)CN(C(=O)c1cc(C)c3nc(N)sc3c1)C2. The van der Waals surface area contributed by atoms with Crippen LogP contribution in [0, 0.1) is 6.92 Å². The number of hydrogen-bond acceptors (Lipinski definition) is 7. The van der Waals surface area contributed by atoms with E-state index in [2.05, 4.69) is 26.7 Å². The van der Waals surface area contributed by atoms with Crippen molar-refractivity contribution in [3.63, 3.8) is 0 Å². The largest absolute Gasteiger partial charge is 0.377 e. The smallest absolute Gasteiger partial charge is 0.254 e. The highest BCUT2D eigenvalue weighted by molar-refractivity contribution is 7.22. The van der Waals surface area contributed by atoms with Gasteiger partial charge in [-0.1, -0.05) is 11.3 Å². The number of nitrogens with two attached hydrogens (primary N) is 1. The van der Waals surface area contributed by atoms with E-state index in [0.717, 1.165) is 27.4 Å². The molecule has 136 valence electrons. The molecular formula is C17H20N6O2S. The Morgan fingerprint density at radius 1 is 1.42 bits per heavy atom. The van der Waals surface area contributed by atoms with Crippen LogP contribution in [0.1, 0.15) is 40.5 Å². The Hall–Kier alpha value is -2.52. The zero-order valence-electron chi connectivity index (χ0n) is 14.9. The second-order valence-electron chi connectivity index (χ2n) is 6.56. The Balaban J connectivity index is 1.65. The van der Waals surface area contributed by atoms with Crippen molar-refractivity contribution in [2.45, 2.75) is 33.0 Å². The summed E-state index contributed by atoms with van der Waals surface area (Å²) in [5.41, 5.74) is 8.27. The molecule has 0 fully saturated rings. The van der Waals surface area contributed by atoms with Gasteiger partial charge in [-0.25, -0.2) is 4.98 Å². The number of nitrogen functional groups attached to an aromatic ring is 1. The fourth-order valence-electron chi connectivity index (χ4n) is 3.52. The topological polar surface area (TPSA) is 99.2 Å². The summed E-state index contributed by atoms with van der Waals surface area (Å²) >= 11 is 1.40. The van der Waals surface area contributed by atoms with Crippen molar-refractivity contribution < 1.29 is 9.53 Å². The summed E-state index contributed by atoms with van der Waals surface area (Å²) in [6.07, 6.45) is 0. The summed E-state index contributed by atoms with van der Waals surface area (Å²) in [7, 11) is 1.63. The number of fused-ring (bicyclic) bond motifs is 2. The number of benzene rings is 1. The van der Waals surface area contributed by atoms with Crippen molar-refractivity contribution >= 4 is 32.6 Å². The lowest BCUT2D eigenvalue weighted by atomic mass is 10.1. The van der Waals surface area contributed by atoms with E-state index in [-0.39, 0.29) is 11.9 Å². The van der Waals surface area contributed by atoms with Crippen LogP contribution in [0.4, 0.5) is 5.13 Å². The number of rotatable bonds is 3. The second kappa shape index (κ2) is 6.33. The van der Waals surface area contributed by atoms with Crippen LogP contribution in [0.2, 0.25) is 0 Å². The monoisotopic (exact) mass is 372 g/mol. The third-order valence-corrected chi connectivity index (χ3v) is 5.44. The van der Waals surface area contributed by atoms with Crippen molar-refractivity contribution in [2.24, 2.45) is 0 Å². The molecule has 0 unspecified atom stereocenters. The second-order valence-corrected chi connectivity index (χ2v) is 7.62. The number of aryl methyl sites for hydroxylation is 1. The van der Waals surface area contributed by atoms with Gasteiger partial charge in [0.25, 0.3) is 5.91 Å². The number of aromatic nitrogens is 4. The first-order valence-corrected chi connectivity index (χ1v) is 9.17. The number of carbonyl (C=O) groups excluding carboxylic acids is 1. The quantitative estimate of drug-likeness (QED) is 0.756. The van der Waals surface area contributed by atoms with Gasteiger partial charge < -0.3 is 19.9 Å². The Morgan fingerprint density at radius 2 is 2.23 bits per heavy atom. The molecule has 1 aliphatic rings. The number of nitrogens with zero attached hydrogens (tertiary/aromatic N) is 5. The number of ether oxygens (including phenoxy) is 1. The van der Waals surface area contributed by atoms with Crippen LogP contribution in [-0.4, -0.2) is 44.2 Å². The lowest BCUT2D eigenvalue weighted by Gasteiger charge is -2.32. The molecule has 1 aliphatic heterocycles. The maximum absolute atomic E-state index is 13.1. The summed E-state index contributed by atoms with van der Waals surface area (Å²) in [5, 5.41) is 8.94. The minimum Gasteiger partial charge on any atom is -0.377 e. The van der Waals surface area contributed by atoms with Crippen LogP contribution in [0.25, 0.3) is 10.2 Å². The summed E-state index contributed by atoms with van der Waals surface area (Å²) < 4.78 is 8.17. The molecule has 1 atom stereocenters. The molecule has 0 bridgehead atoms. The number of methoxy groups -OCH3 is 1. The first-order valence-electron chi connectivity index (χ1n) is 8.35. The van der Waals surface area contributed by atoms with Gasteiger partial charge in [-0.15, -0.1) is 10.2 Å². The van der Waals surface area contributed by atoms with E-state index < -0.39 is 0 Å². The summed E-state index contributed by atoms with van der Waals surface area (Å²) in [5.74, 6) is 1.56. The molecule has 0 aliphatic carbocycles. The molecular weight excluding hydrogens is 352 g/mol. The average molecular weight is 372 g/mol. The highest BCUT2D eigenvalue weighted by Gasteiger charge is 2.30. The lowest BCUT2D eigenvalue weighted by molar-refractivity contribution is 0.0675. The Labute approximate surface area is 154 Å².